The number of thioether (sulfide) groups is 1. The predicted octanol–water partition coefficient (Wildman–Crippen LogP) is 1.94. The molecule has 0 aliphatic carbocycles. The third-order valence-corrected chi connectivity index (χ3v) is 2.51. The summed E-state index contributed by atoms with van der Waals surface area (Å²) in [6, 6.07) is 0.0139. The van der Waals surface area contributed by atoms with Gasteiger partial charge in [-0.1, -0.05) is 27.7 Å². The maximum Gasteiger partial charge on any atom is 0.155 e. The molecule has 2 nitrogen and oxygen atoms in total. The fourth-order valence-electron chi connectivity index (χ4n) is 1.16. The van der Waals surface area contributed by atoms with Crippen LogP contribution in [0.15, 0.2) is 0 Å². The van der Waals surface area contributed by atoms with Gasteiger partial charge in [-0.3, -0.25) is 4.79 Å². The lowest BCUT2D eigenvalue weighted by atomic mass is 9.87. The predicted molar refractivity (Wildman–Crippen MR) is 60.3 cm³/mol. The van der Waals surface area contributed by atoms with Crippen LogP contribution in [0.5, 0.6) is 0 Å². The van der Waals surface area contributed by atoms with E-state index in [1.54, 1.807) is 11.8 Å². The lowest BCUT2D eigenvalue weighted by Gasteiger charge is -2.24. The zero-order valence-corrected chi connectivity index (χ0v) is 10.1. The normalized spacial score (nSPS) is 14.2. The Hall–Kier alpha value is -0.0200. The number of Topliss-reactive ketones (excluding diaryl/α,β-unsaturated/α-hetero) is 1. The van der Waals surface area contributed by atoms with E-state index >= 15 is 0 Å². The number of hydrogen-bond acceptors (Lipinski definition) is 3. The number of ketones is 1. The van der Waals surface area contributed by atoms with E-state index in [4.69, 9.17) is 0 Å². The number of rotatable bonds is 5. The zero-order valence-electron chi connectivity index (χ0n) is 9.31. The molecule has 0 saturated carbocycles. The average Bonchev–Trinajstić information content (AvgIpc) is 2.01. The quantitative estimate of drug-likeness (QED) is 0.740. The summed E-state index contributed by atoms with van der Waals surface area (Å²) in [4.78, 5) is 11.9. The summed E-state index contributed by atoms with van der Waals surface area (Å²) >= 11 is 1.71. The number of carbonyl (C=O) groups is 1. The van der Waals surface area contributed by atoms with Gasteiger partial charge in [0.25, 0.3) is 0 Å². The molecule has 0 fully saturated rings. The lowest BCUT2D eigenvalue weighted by Crippen LogP contribution is -2.44. The molecule has 0 saturated heterocycles. The highest BCUT2D eigenvalue weighted by Gasteiger charge is 2.28. The van der Waals surface area contributed by atoms with Gasteiger partial charge in [0.05, 0.1) is 6.04 Å². The van der Waals surface area contributed by atoms with E-state index in [2.05, 4.69) is 5.32 Å². The molecular weight excluding hydrogens is 182 g/mol. The van der Waals surface area contributed by atoms with Crippen molar-refractivity contribution in [3.8, 4) is 0 Å². The van der Waals surface area contributed by atoms with Crippen molar-refractivity contribution in [3.05, 3.63) is 0 Å². The second kappa shape index (κ2) is 5.66. The van der Waals surface area contributed by atoms with Crippen LogP contribution in [0.3, 0.4) is 0 Å². The van der Waals surface area contributed by atoms with Crippen molar-refractivity contribution in [2.75, 3.05) is 18.6 Å². The SMILES string of the molecule is CCNC(CSC)C(=O)C(C)(C)C. The first-order chi connectivity index (χ1) is 5.93. The smallest absolute Gasteiger partial charge is 0.155 e. The minimum absolute atomic E-state index is 0.0139. The van der Waals surface area contributed by atoms with Gasteiger partial charge in [0, 0.05) is 11.2 Å². The Kier molecular flexibility index (Phi) is 5.65. The van der Waals surface area contributed by atoms with E-state index in [0.717, 1.165) is 12.3 Å². The molecule has 13 heavy (non-hydrogen) atoms. The summed E-state index contributed by atoms with van der Waals surface area (Å²) in [5, 5.41) is 3.22. The lowest BCUT2D eigenvalue weighted by molar-refractivity contribution is -0.127. The van der Waals surface area contributed by atoms with Crippen LogP contribution in [0.4, 0.5) is 0 Å². The standard InChI is InChI=1S/C10H21NOS/c1-6-11-8(7-13-5)9(12)10(2,3)4/h8,11H,6-7H2,1-5H3. The van der Waals surface area contributed by atoms with Crippen molar-refractivity contribution in [2.24, 2.45) is 5.41 Å². The van der Waals surface area contributed by atoms with E-state index in [-0.39, 0.29) is 11.5 Å². The van der Waals surface area contributed by atoms with Gasteiger partial charge in [-0.2, -0.15) is 11.8 Å². The van der Waals surface area contributed by atoms with Crippen LogP contribution in [0, 0.1) is 5.41 Å². The molecular formula is C10H21NOS. The molecule has 0 aromatic rings. The van der Waals surface area contributed by atoms with Crippen LogP contribution in [-0.4, -0.2) is 30.4 Å². The third kappa shape index (κ3) is 4.67. The van der Waals surface area contributed by atoms with E-state index in [1.165, 1.54) is 0 Å². The van der Waals surface area contributed by atoms with Crippen LogP contribution in [-0.2, 0) is 4.79 Å². The van der Waals surface area contributed by atoms with Gasteiger partial charge in [0.15, 0.2) is 5.78 Å². The molecule has 0 aliphatic rings. The van der Waals surface area contributed by atoms with Gasteiger partial charge in [0.2, 0.25) is 0 Å². The van der Waals surface area contributed by atoms with Crippen LogP contribution in [0.2, 0.25) is 0 Å². The Balaban J connectivity index is 4.27. The number of likely N-dealkylation sites (N-methyl/N-ethyl adjacent to an activating group) is 1. The van der Waals surface area contributed by atoms with E-state index in [1.807, 2.05) is 34.0 Å². The highest BCUT2D eigenvalue weighted by Crippen LogP contribution is 2.18. The summed E-state index contributed by atoms with van der Waals surface area (Å²) in [5.74, 6) is 1.17. The maximum absolute atomic E-state index is 11.9. The van der Waals surface area contributed by atoms with E-state index in [0.29, 0.717) is 5.78 Å². The number of hydrogen-bond donors (Lipinski definition) is 1. The third-order valence-electron chi connectivity index (χ3n) is 1.84. The van der Waals surface area contributed by atoms with Crippen LogP contribution in [0.25, 0.3) is 0 Å². The molecule has 0 bridgehead atoms. The average molecular weight is 203 g/mol. The summed E-state index contributed by atoms with van der Waals surface area (Å²) < 4.78 is 0. The monoisotopic (exact) mass is 203 g/mol. The van der Waals surface area contributed by atoms with Crippen molar-refractivity contribution in [1.82, 2.24) is 5.32 Å². The molecule has 1 atom stereocenters. The molecule has 0 spiro atoms. The molecule has 0 rings (SSSR count). The Labute approximate surface area is 85.9 Å². The Bertz CT molecular complexity index is 157. The molecule has 3 heteroatoms. The fourth-order valence-corrected chi connectivity index (χ4v) is 1.77. The van der Waals surface area contributed by atoms with Crippen molar-refractivity contribution in [1.29, 1.82) is 0 Å². The van der Waals surface area contributed by atoms with Gasteiger partial charge in [0.1, 0.15) is 0 Å². The van der Waals surface area contributed by atoms with Crippen molar-refractivity contribution in [3.63, 3.8) is 0 Å². The first-order valence-corrected chi connectivity index (χ1v) is 6.09. The molecule has 78 valence electrons. The van der Waals surface area contributed by atoms with E-state index < -0.39 is 0 Å². The second-order valence-electron chi connectivity index (χ2n) is 4.18. The second-order valence-corrected chi connectivity index (χ2v) is 5.09. The minimum atomic E-state index is -0.234. The van der Waals surface area contributed by atoms with Gasteiger partial charge >= 0.3 is 0 Å². The molecule has 0 aromatic heterocycles. The Morgan fingerprint density at radius 2 is 2.00 bits per heavy atom. The summed E-state index contributed by atoms with van der Waals surface area (Å²) in [5.41, 5.74) is -0.234. The van der Waals surface area contributed by atoms with Crippen LogP contribution >= 0.6 is 11.8 Å². The van der Waals surface area contributed by atoms with Gasteiger partial charge in [-0.25, -0.2) is 0 Å². The van der Waals surface area contributed by atoms with Crippen LogP contribution < -0.4 is 5.32 Å². The van der Waals surface area contributed by atoms with E-state index in [9.17, 15) is 4.79 Å². The minimum Gasteiger partial charge on any atom is -0.307 e. The first kappa shape index (κ1) is 13.0. The highest BCUT2D eigenvalue weighted by molar-refractivity contribution is 7.98. The van der Waals surface area contributed by atoms with Crippen molar-refractivity contribution in [2.45, 2.75) is 33.7 Å². The maximum atomic E-state index is 11.9. The molecule has 1 N–H and O–H groups in total. The topological polar surface area (TPSA) is 29.1 Å². The highest BCUT2D eigenvalue weighted by atomic mass is 32.2. The molecule has 0 heterocycles. The zero-order chi connectivity index (χ0) is 10.5. The van der Waals surface area contributed by atoms with Gasteiger partial charge < -0.3 is 5.32 Å². The molecule has 1 unspecified atom stereocenters. The van der Waals surface area contributed by atoms with Crippen LogP contribution in [0.1, 0.15) is 27.7 Å². The van der Waals surface area contributed by atoms with Crippen molar-refractivity contribution < 1.29 is 4.79 Å². The Morgan fingerprint density at radius 3 is 2.31 bits per heavy atom. The van der Waals surface area contributed by atoms with Crippen molar-refractivity contribution >= 4 is 17.5 Å². The number of nitrogens with one attached hydrogen (secondary N) is 1. The molecule has 0 aliphatic heterocycles. The first-order valence-electron chi connectivity index (χ1n) is 4.70. The summed E-state index contributed by atoms with van der Waals surface area (Å²) in [6.07, 6.45) is 2.03. The van der Waals surface area contributed by atoms with Gasteiger partial charge in [-0.15, -0.1) is 0 Å². The van der Waals surface area contributed by atoms with Gasteiger partial charge in [-0.05, 0) is 12.8 Å². The number of carbonyl (C=O) groups excluding carboxylic acids is 1. The summed E-state index contributed by atoms with van der Waals surface area (Å²) in [6.45, 7) is 8.80. The Morgan fingerprint density at radius 1 is 1.46 bits per heavy atom. The fraction of sp³-hybridized carbons (Fsp3) is 0.900. The molecule has 0 aromatic carbocycles. The molecule has 0 amide bonds. The summed E-state index contributed by atoms with van der Waals surface area (Å²) in [7, 11) is 0. The largest absolute Gasteiger partial charge is 0.307 e. The molecule has 0 radical (unpaired) electrons.